The molecular formula is C39H40N4O4S2. The fourth-order valence-corrected chi connectivity index (χ4v) is 7.18. The Morgan fingerprint density at radius 2 is 1.06 bits per heavy atom. The fraction of sp³-hybridized carbons (Fsp3) is 0.282. The van der Waals surface area contributed by atoms with Crippen molar-refractivity contribution < 1.29 is 18.4 Å². The number of nitrogens with zero attached hydrogens (tertiary/aromatic N) is 2. The number of amides is 2. The van der Waals surface area contributed by atoms with Crippen molar-refractivity contribution in [3.63, 3.8) is 0 Å². The first kappa shape index (κ1) is 34.3. The Kier molecular flexibility index (Phi) is 10.5. The highest BCUT2D eigenvalue weighted by atomic mass is 32.2. The van der Waals surface area contributed by atoms with Crippen LogP contribution in [-0.4, -0.2) is 33.3 Å². The first-order chi connectivity index (χ1) is 23.5. The van der Waals surface area contributed by atoms with E-state index in [1.807, 2.05) is 62.4 Å². The number of thioether (sulfide) groups is 2. The van der Waals surface area contributed by atoms with Crippen molar-refractivity contribution in [3.05, 3.63) is 106 Å². The molecule has 0 bridgehead atoms. The lowest BCUT2D eigenvalue weighted by Gasteiger charge is -2.20. The number of aryl methyl sites for hydroxylation is 2. The number of aromatic nitrogens is 2. The van der Waals surface area contributed by atoms with Gasteiger partial charge >= 0.3 is 0 Å². The van der Waals surface area contributed by atoms with Crippen molar-refractivity contribution in [1.82, 2.24) is 9.97 Å². The summed E-state index contributed by atoms with van der Waals surface area (Å²) in [7, 11) is 0. The maximum Gasteiger partial charge on any atom is 0.257 e. The third-order valence-electron chi connectivity index (χ3n) is 8.23. The minimum Gasteiger partial charge on any atom is -0.431 e. The first-order valence-electron chi connectivity index (χ1n) is 16.4. The van der Waals surface area contributed by atoms with E-state index in [0.717, 1.165) is 51.1 Å². The van der Waals surface area contributed by atoms with Gasteiger partial charge in [-0.05, 0) is 89.8 Å². The van der Waals surface area contributed by atoms with Gasteiger partial charge in [0, 0.05) is 11.4 Å². The highest BCUT2D eigenvalue weighted by Gasteiger charge is 2.19. The van der Waals surface area contributed by atoms with Gasteiger partial charge in [0.2, 0.25) is 11.8 Å². The van der Waals surface area contributed by atoms with Crippen molar-refractivity contribution in [3.8, 4) is 0 Å². The van der Waals surface area contributed by atoms with Crippen molar-refractivity contribution >= 4 is 68.9 Å². The van der Waals surface area contributed by atoms with Gasteiger partial charge in [-0.15, -0.1) is 0 Å². The van der Waals surface area contributed by atoms with Gasteiger partial charge in [-0.3, -0.25) is 9.59 Å². The number of carbonyl (C=O) groups is 2. The molecule has 2 N–H and O–H groups in total. The fourth-order valence-electron chi connectivity index (χ4n) is 5.91. The molecule has 49 heavy (non-hydrogen) atoms. The lowest BCUT2D eigenvalue weighted by Crippen LogP contribution is -2.17. The Bertz CT molecular complexity index is 1930. The van der Waals surface area contributed by atoms with Gasteiger partial charge in [-0.25, -0.2) is 9.97 Å². The van der Waals surface area contributed by atoms with Gasteiger partial charge < -0.3 is 19.5 Å². The Morgan fingerprint density at radius 1 is 0.653 bits per heavy atom. The summed E-state index contributed by atoms with van der Waals surface area (Å²) in [6, 6.07) is 23.9. The first-order valence-corrected chi connectivity index (χ1v) is 18.3. The Labute approximate surface area is 294 Å². The topological polar surface area (TPSA) is 110 Å². The quantitative estimate of drug-likeness (QED) is 0.122. The summed E-state index contributed by atoms with van der Waals surface area (Å²) in [4.78, 5) is 35.1. The second-order valence-corrected chi connectivity index (χ2v) is 14.7. The monoisotopic (exact) mass is 692 g/mol. The SMILES string of the molecule is Cc1cc(Cc2cc(C)c(NC(=O)CSc3nc4ccccc4o3)c(C(C)C)c2)cc(C(C)C)c1NC(=O)CSc1nc2ccccc2o1. The zero-order chi connectivity index (χ0) is 34.7. The number of anilines is 2. The van der Waals surface area contributed by atoms with Crippen molar-refractivity contribution in [2.45, 2.75) is 70.2 Å². The number of hydrogen-bond donors (Lipinski definition) is 2. The van der Waals surface area contributed by atoms with Gasteiger partial charge in [-0.2, -0.15) is 0 Å². The molecule has 252 valence electrons. The van der Waals surface area contributed by atoms with Crippen LogP contribution in [0.2, 0.25) is 0 Å². The molecule has 0 atom stereocenters. The zero-order valence-electron chi connectivity index (χ0n) is 28.5. The summed E-state index contributed by atoms with van der Waals surface area (Å²) < 4.78 is 11.5. The van der Waals surface area contributed by atoms with Crippen molar-refractivity contribution in [2.24, 2.45) is 0 Å². The predicted octanol–water partition coefficient (Wildman–Crippen LogP) is 9.89. The normalized spacial score (nSPS) is 11.6. The predicted molar refractivity (Wildman–Crippen MR) is 200 cm³/mol. The minimum atomic E-state index is -0.105. The number of benzene rings is 4. The van der Waals surface area contributed by atoms with E-state index in [0.29, 0.717) is 21.6 Å². The number of oxazole rings is 2. The summed E-state index contributed by atoms with van der Waals surface area (Å²) in [6.45, 7) is 12.7. The van der Waals surface area contributed by atoms with Crippen LogP contribution in [0.3, 0.4) is 0 Å². The van der Waals surface area contributed by atoms with E-state index in [2.05, 4.69) is 72.6 Å². The average molecular weight is 693 g/mol. The number of fused-ring (bicyclic) bond motifs is 2. The van der Waals surface area contributed by atoms with E-state index in [1.165, 1.54) is 34.7 Å². The molecule has 6 rings (SSSR count). The van der Waals surface area contributed by atoms with E-state index >= 15 is 0 Å². The Morgan fingerprint density at radius 3 is 1.45 bits per heavy atom. The second kappa shape index (κ2) is 14.9. The van der Waals surface area contributed by atoms with E-state index in [1.54, 1.807) is 0 Å². The number of carbonyl (C=O) groups excluding carboxylic acids is 2. The molecular weight excluding hydrogens is 653 g/mol. The Hall–Kier alpha value is -4.54. The van der Waals surface area contributed by atoms with Crippen LogP contribution in [0.1, 0.15) is 72.9 Å². The van der Waals surface area contributed by atoms with Gasteiger partial charge in [0.05, 0.1) is 11.5 Å². The van der Waals surface area contributed by atoms with Crippen LogP contribution in [0.15, 0.2) is 92.1 Å². The molecule has 4 aromatic carbocycles. The number of nitrogens with one attached hydrogen (secondary N) is 2. The smallest absolute Gasteiger partial charge is 0.257 e. The molecule has 8 nitrogen and oxygen atoms in total. The molecule has 0 aliphatic heterocycles. The molecule has 0 radical (unpaired) electrons. The van der Waals surface area contributed by atoms with Crippen LogP contribution < -0.4 is 10.6 Å². The van der Waals surface area contributed by atoms with E-state index in [4.69, 9.17) is 8.83 Å². The maximum absolute atomic E-state index is 13.1. The molecule has 0 aliphatic rings. The van der Waals surface area contributed by atoms with Gasteiger partial charge in [0.15, 0.2) is 11.2 Å². The highest BCUT2D eigenvalue weighted by molar-refractivity contribution is 8.00. The third kappa shape index (κ3) is 8.20. The number of rotatable bonds is 12. The van der Waals surface area contributed by atoms with Gasteiger partial charge in [0.1, 0.15) is 11.0 Å². The molecule has 2 aromatic heterocycles. The molecule has 0 unspecified atom stereocenters. The summed E-state index contributed by atoms with van der Waals surface area (Å²) in [5.41, 5.74) is 11.2. The molecule has 0 spiro atoms. The van der Waals surface area contributed by atoms with E-state index in [9.17, 15) is 9.59 Å². The van der Waals surface area contributed by atoms with Crippen molar-refractivity contribution in [1.29, 1.82) is 0 Å². The van der Waals surface area contributed by atoms with E-state index in [-0.39, 0.29) is 35.2 Å². The molecule has 6 aromatic rings. The maximum atomic E-state index is 13.1. The third-order valence-corrected chi connectivity index (χ3v) is 9.89. The zero-order valence-corrected chi connectivity index (χ0v) is 30.2. The average Bonchev–Trinajstić information content (AvgIpc) is 3.68. The van der Waals surface area contributed by atoms with Crippen LogP contribution in [0, 0.1) is 13.8 Å². The summed E-state index contributed by atoms with van der Waals surface area (Å²) in [5, 5.41) is 7.28. The second-order valence-electron chi connectivity index (χ2n) is 12.8. The van der Waals surface area contributed by atoms with Crippen LogP contribution in [0.4, 0.5) is 11.4 Å². The molecule has 0 saturated heterocycles. The lowest BCUT2D eigenvalue weighted by atomic mass is 9.90. The highest BCUT2D eigenvalue weighted by Crippen LogP contribution is 2.34. The Balaban J connectivity index is 1.13. The standard InChI is InChI=1S/C39H40N4O4S2/c1-22(2)28-18-26(15-24(5)36(28)42-34(44)20-48-38-40-30-11-7-9-13-32(30)46-38)17-27-16-25(6)37(29(19-27)23(3)4)43-35(45)21-49-39-41-31-12-8-10-14-33(31)47-39/h7-16,18-19,22-23H,17,20-21H2,1-6H3,(H,42,44)(H,43,45). The van der Waals surface area contributed by atoms with Crippen molar-refractivity contribution in [2.75, 3.05) is 22.1 Å². The molecule has 2 amide bonds. The summed E-state index contributed by atoms with van der Waals surface area (Å²) in [5.74, 6) is 0.593. The summed E-state index contributed by atoms with van der Waals surface area (Å²) >= 11 is 2.57. The van der Waals surface area contributed by atoms with Gasteiger partial charge in [0.25, 0.3) is 10.4 Å². The lowest BCUT2D eigenvalue weighted by molar-refractivity contribution is -0.114. The van der Waals surface area contributed by atoms with E-state index < -0.39 is 0 Å². The summed E-state index contributed by atoms with van der Waals surface area (Å²) in [6.07, 6.45) is 0.727. The molecule has 0 fully saturated rings. The van der Waals surface area contributed by atoms with Crippen LogP contribution in [-0.2, 0) is 16.0 Å². The van der Waals surface area contributed by atoms with Crippen LogP contribution >= 0.6 is 23.5 Å². The number of hydrogen-bond acceptors (Lipinski definition) is 8. The van der Waals surface area contributed by atoms with Crippen LogP contribution in [0.5, 0.6) is 0 Å². The molecule has 2 heterocycles. The largest absolute Gasteiger partial charge is 0.431 e. The molecule has 10 heteroatoms. The molecule has 0 saturated carbocycles. The minimum absolute atomic E-state index is 0.105. The van der Waals surface area contributed by atoms with Gasteiger partial charge in [-0.1, -0.05) is 99.7 Å². The van der Waals surface area contributed by atoms with Crippen LogP contribution in [0.25, 0.3) is 22.2 Å². The molecule has 0 aliphatic carbocycles. The number of para-hydroxylation sites is 4.